The Morgan fingerprint density at radius 2 is 1.86 bits per heavy atom. The van der Waals surface area contributed by atoms with Gasteiger partial charge in [0.05, 0.1) is 11.8 Å². The molecule has 0 atom stereocenters. The number of fused-ring (bicyclic) bond motifs is 1. The van der Waals surface area contributed by atoms with Gasteiger partial charge < -0.3 is 4.74 Å². The molecule has 0 N–H and O–H groups in total. The zero-order valence-corrected chi connectivity index (χ0v) is 18.1. The highest BCUT2D eigenvalue weighted by atomic mass is 16.5. The fourth-order valence-electron chi connectivity index (χ4n) is 5.01. The van der Waals surface area contributed by atoms with Crippen LogP contribution in [0.5, 0.6) is 0 Å². The normalized spacial score (nSPS) is 22.0. The van der Waals surface area contributed by atoms with Gasteiger partial charge >= 0.3 is 0 Å². The van der Waals surface area contributed by atoms with Crippen LogP contribution < -0.4 is 4.90 Å². The SMILES string of the molecule is COC1CCC(C(=O)N2CCCn3nc(C)c(-c4ccccc4C(C)C)c32)CC1. The summed E-state index contributed by atoms with van der Waals surface area (Å²) in [4.78, 5) is 15.6. The smallest absolute Gasteiger partial charge is 0.231 e. The van der Waals surface area contributed by atoms with Gasteiger partial charge in [0.25, 0.3) is 0 Å². The van der Waals surface area contributed by atoms with Crippen LogP contribution in [0.3, 0.4) is 0 Å². The summed E-state index contributed by atoms with van der Waals surface area (Å²) in [6.07, 6.45) is 5.04. The predicted molar refractivity (Wildman–Crippen MR) is 116 cm³/mol. The van der Waals surface area contributed by atoms with Gasteiger partial charge in [-0.3, -0.25) is 9.69 Å². The summed E-state index contributed by atoms with van der Waals surface area (Å²) in [5.74, 6) is 1.78. The van der Waals surface area contributed by atoms with E-state index in [0.717, 1.165) is 62.3 Å². The van der Waals surface area contributed by atoms with Crippen LogP contribution in [0.15, 0.2) is 24.3 Å². The molecule has 29 heavy (non-hydrogen) atoms. The Morgan fingerprint density at radius 3 is 2.55 bits per heavy atom. The van der Waals surface area contributed by atoms with Crippen molar-refractivity contribution in [1.29, 1.82) is 0 Å². The van der Waals surface area contributed by atoms with Gasteiger partial charge in [-0.1, -0.05) is 38.1 Å². The number of hydrogen-bond acceptors (Lipinski definition) is 3. The minimum Gasteiger partial charge on any atom is -0.381 e. The molecule has 2 aromatic rings. The number of carbonyl (C=O) groups excluding carboxylic acids is 1. The molecule has 1 aromatic heterocycles. The molecule has 1 aliphatic heterocycles. The van der Waals surface area contributed by atoms with E-state index in [4.69, 9.17) is 9.84 Å². The second kappa shape index (κ2) is 8.31. The Balaban J connectivity index is 1.72. The standard InChI is InChI=1S/C24H33N3O2/c1-16(2)20-8-5-6-9-21(20)22-17(3)25-27-15-7-14-26(23(22)27)24(28)18-10-12-19(29-4)13-11-18/h5-6,8-9,16,18-19H,7,10-15H2,1-4H3. The van der Waals surface area contributed by atoms with Gasteiger partial charge in [0.15, 0.2) is 0 Å². The molecule has 1 aliphatic carbocycles. The summed E-state index contributed by atoms with van der Waals surface area (Å²) in [7, 11) is 1.78. The first-order valence-electron chi connectivity index (χ1n) is 11.0. The van der Waals surface area contributed by atoms with E-state index in [1.165, 1.54) is 11.1 Å². The van der Waals surface area contributed by atoms with Crippen molar-refractivity contribution in [3.05, 3.63) is 35.5 Å². The van der Waals surface area contributed by atoms with Gasteiger partial charge in [-0.25, -0.2) is 4.68 Å². The average molecular weight is 396 g/mol. The highest BCUT2D eigenvalue weighted by molar-refractivity contribution is 5.99. The van der Waals surface area contributed by atoms with Crippen molar-refractivity contribution < 1.29 is 9.53 Å². The Bertz CT molecular complexity index is 878. The lowest BCUT2D eigenvalue weighted by Crippen LogP contribution is -2.43. The molecule has 0 spiro atoms. The molecule has 5 nitrogen and oxygen atoms in total. The van der Waals surface area contributed by atoms with Gasteiger partial charge in [-0.05, 0) is 56.1 Å². The van der Waals surface area contributed by atoms with E-state index in [9.17, 15) is 4.79 Å². The first kappa shape index (κ1) is 20.1. The van der Waals surface area contributed by atoms with Crippen LogP contribution in [-0.4, -0.2) is 35.4 Å². The van der Waals surface area contributed by atoms with Gasteiger partial charge in [-0.15, -0.1) is 0 Å². The number of nitrogens with zero attached hydrogens (tertiary/aromatic N) is 3. The maximum Gasteiger partial charge on any atom is 0.231 e. The van der Waals surface area contributed by atoms with Crippen molar-refractivity contribution in [2.24, 2.45) is 5.92 Å². The monoisotopic (exact) mass is 395 g/mol. The zero-order chi connectivity index (χ0) is 20.5. The van der Waals surface area contributed by atoms with Crippen LogP contribution in [-0.2, 0) is 16.1 Å². The summed E-state index contributed by atoms with van der Waals surface area (Å²) in [5, 5.41) is 4.83. The van der Waals surface area contributed by atoms with Crippen molar-refractivity contribution in [2.45, 2.75) is 71.4 Å². The third kappa shape index (κ3) is 3.73. The van der Waals surface area contributed by atoms with Crippen LogP contribution in [0.4, 0.5) is 5.82 Å². The molecule has 1 saturated carbocycles. The summed E-state index contributed by atoms with van der Waals surface area (Å²) >= 11 is 0. The minimum atomic E-state index is 0.0938. The van der Waals surface area contributed by atoms with E-state index >= 15 is 0 Å². The topological polar surface area (TPSA) is 47.4 Å². The summed E-state index contributed by atoms with van der Waals surface area (Å²) in [6, 6.07) is 8.57. The number of aryl methyl sites for hydroxylation is 2. The highest BCUT2D eigenvalue weighted by Crippen LogP contribution is 2.41. The average Bonchev–Trinajstić information content (AvgIpc) is 3.08. The van der Waals surface area contributed by atoms with Crippen molar-refractivity contribution in [3.8, 4) is 11.1 Å². The van der Waals surface area contributed by atoms with Crippen LogP contribution in [0, 0.1) is 12.8 Å². The number of amides is 1. The molecular weight excluding hydrogens is 362 g/mol. The lowest BCUT2D eigenvalue weighted by molar-refractivity contribution is -0.124. The van der Waals surface area contributed by atoms with E-state index in [2.05, 4.69) is 49.7 Å². The van der Waals surface area contributed by atoms with Crippen molar-refractivity contribution in [3.63, 3.8) is 0 Å². The van der Waals surface area contributed by atoms with Crippen molar-refractivity contribution in [1.82, 2.24) is 9.78 Å². The number of aromatic nitrogens is 2. The molecule has 2 aliphatic rings. The van der Waals surface area contributed by atoms with Gasteiger partial charge in [0, 0.05) is 31.7 Å². The van der Waals surface area contributed by atoms with Crippen LogP contribution in [0.2, 0.25) is 0 Å². The molecule has 0 saturated heterocycles. The van der Waals surface area contributed by atoms with Crippen LogP contribution >= 0.6 is 0 Å². The van der Waals surface area contributed by atoms with Crippen molar-refractivity contribution in [2.75, 3.05) is 18.6 Å². The second-order valence-corrected chi connectivity index (χ2v) is 8.80. The lowest BCUT2D eigenvalue weighted by Gasteiger charge is -2.34. The van der Waals surface area contributed by atoms with E-state index in [0.29, 0.717) is 12.0 Å². The lowest BCUT2D eigenvalue weighted by atomic mass is 9.86. The number of rotatable bonds is 4. The molecule has 1 amide bonds. The van der Waals surface area contributed by atoms with E-state index in [1.807, 2.05) is 4.90 Å². The number of carbonyl (C=O) groups is 1. The first-order valence-corrected chi connectivity index (χ1v) is 11.0. The zero-order valence-electron chi connectivity index (χ0n) is 18.1. The molecule has 2 heterocycles. The Morgan fingerprint density at radius 1 is 1.14 bits per heavy atom. The van der Waals surface area contributed by atoms with Crippen LogP contribution in [0.1, 0.15) is 63.1 Å². The van der Waals surface area contributed by atoms with Crippen LogP contribution in [0.25, 0.3) is 11.1 Å². The van der Waals surface area contributed by atoms with Gasteiger partial charge in [0.2, 0.25) is 5.91 Å². The van der Waals surface area contributed by atoms with E-state index < -0.39 is 0 Å². The quantitative estimate of drug-likeness (QED) is 0.738. The number of anilines is 1. The van der Waals surface area contributed by atoms with E-state index in [1.54, 1.807) is 7.11 Å². The molecular formula is C24H33N3O2. The third-order valence-electron chi connectivity index (χ3n) is 6.58. The summed E-state index contributed by atoms with van der Waals surface area (Å²) < 4.78 is 7.56. The largest absolute Gasteiger partial charge is 0.381 e. The minimum absolute atomic E-state index is 0.0938. The Hall–Kier alpha value is -2.14. The Labute approximate surface area is 174 Å². The highest BCUT2D eigenvalue weighted by Gasteiger charge is 2.35. The third-order valence-corrected chi connectivity index (χ3v) is 6.58. The van der Waals surface area contributed by atoms with Crippen molar-refractivity contribution >= 4 is 11.7 Å². The maximum atomic E-state index is 13.6. The number of hydrogen-bond donors (Lipinski definition) is 0. The Kier molecular flexibility index (Phi) is 5.77. The molecule has 0 bridgehead atoms. The number of benzene rings is 1. The molecule has 1 aromatic carbocycles. The predicted octanol–water partition coefficient (Wildman–Crippen LogP) is 4.92. The second-order valence-electron chi connectivity index (χ2n) is 8.80. The number of ether oxygens (including phenoxy) is 1. The first-order chi connectivity index (χ1) is 14.0. The molecule has 4 rings (SSSR count). The molecule has 0 unspecified atom stereocenters. The number of methoxy groups -OCH3 is 1. The summed E-state index contributed by atoms with van der Waals surface area (Å²) in [5.41, 5.74) is 4.66. The molecule has 1 fully saturated rings. The fraction of sp³-hybridized carbons (Fsp3) is 0.583. The van der Waals surface area contributed by atoms with Gasteiger partial charge in [-0.2, -0.15) is 5.10 Å². The fourth-order valence-corrected chi connectivity index (χ4v) is 5.01. The molecule has 0 radical (unpaired) electrons. The summed E-state index contributed by atoms with van der Waals surface area (Å²) in [6.45, 7) is 8.18. The molecule has 156 valence electrons. The molecule has 5 heteroatoms. The van der Waals surface area contributed by atoms with E-state index in [-0.39, 0.29) is 11.8 Å². The van der Waals surface area contributed by atoms with Gasteiger partial charge in [0.1, 0.15) is 5.82 Å². The maximum absolute atomic E-state index is 13.6.